The average molecular weight is 455 g/mol. The van der Waals surface area contributed by atoms with E-state index in [1.165, 1.54) is 6.07 Å². The molecule has 166 valence electrons. The fourth-order valence-electron chi connectivity index (χ4n) is 4.19. The Balaban J connectivity index is 1.56. The highest BCUT2D eigenvalue weighted by molar-refractivity contribution is 5.99. The number of aromatic amines is 1. The van der Waals surface area contributed by atoms with Crippen molar-refractivity contribution >= 4 is 39.5 Å². The molecule has 0 saturated carbocycles. The molecule has 0 radical (unpaired) electrons. The van der Waals surface area contributed by atoms with Gasteiger partial charge in [0.05, 0.1) is 22.5 Å². The number of halogens is 3. The summed E-state index contributed by atoms with van der Waals surface area (Å²) < 4.78 is 40.3. The largest absolute Gasteiger partial charge is 0.416 e. The quantitative estimate of drug-likeness (QED) is 0.316. The predicted octanol–water partition coefficient (Wildman–Crippen LogP) is 6.87. The first kappa shape index (κ1) is 20.2. The Kier molecular flexibility index (Phi) is 4.32. The van der Waals surface area contributed by atoms with Crippen molar-refractivity contribution in [2.75, 3.05) is 4.90 Å². The zero-order valence-corrected chi connectivity index (χ0v) is 17.6. The maximum atomic E-state index is 13.4. The number of anilines is 2. The summed E-state index contributed by atoms with van der Waals surface area (Å²) in [5.41, 5.74) is 4.99. The average Bonchev–Trinajstić information content (AvgIpc) is 3.31. The van der Waals surface area contributed by atoms with Gasteiger partial charge in [0.25, 0.3) is 0 Å². The summed E-state index contributed by atoms with van der Waals surface area (Å²) in [6.07, 6.45) is 4.39. The number of hydrogen-bond acceptors (Lipinski definition) is 4. The summed E-state index contributed by atoms with van der Waals surface area (Å²) >= 11 is 0. The number of allylic oxidation sites excluding steroid dienone is 1. The first-order chi connectivity index (χ1) is 16.4. The fourth-order valence-corrected chi connectivity index (χ4v) is 4.19. The van der Waals surface area contributed by atoms with Crippen LogP contribution in [0.5, 0.6) is 0 Å². The summed E-state index contributed by atoms with van der Waals surface area (Å²) in [4.78, 5) is 18.6. The van der Waals surface area contributed by atoms with Crippen molar-refractivity contribution in [1.82, 2.24) is 19.9 Å². The second-order valence-corrected chi connectivity index (χ2v) is 7.97. The van der Waals surface area contributed by atoms with Gasteiger partial charge in [-0.25, -0.2) is 9.97 Å². The Morgan fingerprint density at radius 1 is 0.941 bits per heavy atom. The highest BCUT2D eigenvalue weighted by atomic mass is 19.4. The molecule has 5 aromatic rings. The van der Waals surface area contributed by atoms with E-state index in [4.69, 9.17) is 4.98 Å². The van der Waals surface area contributed by atoms with E-state index in [0.717, 1.165) is 34.3 Å². The minimum absolute atomic E-state index is 0.348. The van der Waals surface area contributed by atoms with Gasteiger partial charge in [-0.15, -0.1) is 0 Å². The van der Waals surface area contributed by atoms with Gasteiger partial charge in [-0.3, -0.25) is 4.98 Å². The van der Waals surface area contributed by atoms with E-state index in [1.807, 2.05) is 36.5 Å². The van der Waals surface area contributed by atoms with Crippen molar-refractivity contribution in [2.45, 2.75) is 6.18 Å². The Morgan fingerprint density at radius 3 is 2.68 bits per heavy atom. The van der Waals surface area contributed by atoms with Crippen LogP contribution in [0.3, 0.4) is 0 Å². The lowest BCUT2D eigenvalue weighted by Gasteiger charge is -2.31. The van der Waals surface area contributed by atoms with Gasteiger partial charge in [-0.05, 0) is 54.6 Å². The van der Waals surface area contributed by atoms with Crippen LogP contribution in [0.1, 0.15) is 11.1 Å². The van der Waals surface area contributed by atoms with Crippen LogP contribution in [0.4, 0.5) is 24.5 Å². The van der Waals surface area contributed by atoms with Crippen molar-refractivity contribution in [3.8, 4) is 11.3 Å². The van der Waals surface area contributed by atoms with Crippen LogP contribution >= 0.6 is 0 Å². The SMILES string of the molecule is C=C1C=Cc2cnc3ccc(-c4cnc5[nH]ccc5c4)nc3c2N1c1cccc(C(F)(F)F)c1. The molecule has 0 unspecified atom stereocenters. The highest BCUT2D eigenvalue weighted by Gasteiger charge is 2.32. The fraction of sp³-hybridized carbons (Fsp3) is 0.0385. The number of nitrogens with one attached hydrogen (secondary N) is 1. The minimum Gasteiger partial charge on any atom is -0.346 e. The third kappa shape index (κ3) is 3.23. The molecule has 1 aromatic carbocycles. The van der Waals surface area contributed by atoms with Gasteiger partial charge in [0, 0.05) is 46.5 Å². The standard InChI is InChI=1S/C26H16F3N5/c1-15-5-6-17-13-31-22-8-7-21(18-11-16-9-10-30-25(16)32-14-18)33-23(22)24(17)34(15)20-4-2-3-19(12-20)26(27,28)29/h2-14H,1H2,(H,30,32). The normalized spacial score (nSPS) is 13.6. The van der Waals surface area contributed by atoms with Crippen LogP contribution in [0.25, 0.3) is 39.4 Å². The van der Waals surface area contributed by atoms with Gasteiger partial charge in [0.15, 0.2) is 0 Å². The lowest BCUT2D eigenvalue weighted by atomic mass is 10.0. The Labute approximate surface area is 191 Å². The van der Waals surface area contributed by atoms with Gasteiger partial charge in [-0.2, -0.15) is 13.2 Å². The molecule has 0 aliphatic carbocycles. The number of alkyl halides is 3. The van der Waals surface area contributed by atoms with Crippen LogP contribution in [0.15, 0.2) is 85.5 Å². The first-order valence-electron chi connectivity index (χ1n) is 10.5. The van der Waals surface area contributed by atoms with Crippen LogP contribution in [0.2, 0.25) is 0 Å². The molecule has 0 spiro atoms. The number of H-pyrrole nitrogens is 1. The Hall–Kier alpha value is -4.46. The van der Waals surface area contributed by atoms with Crippen LogP contribution in [0, 0.1) is 0 Å². The van der Waals surface area contributed by atoms with E-state index in [-0.39, 0.29) is 0 Å². The smallest absolute Gasteiger partial charge is 0.346 e. The summed E-state index contributed by atoms with van der Waals surface area (Å²) in [5, 5.41) is 0.953. The zero-order valence-electron chi connectivity index (χ0n) is 17.6. The van der Waals surface area contributed by atoms with Crippen LogP contribution in [-0.4, -0.2) is 19.9 Å². The molecular weight excluding hydrogens is 439 g/mol. The van der Waals surface area contributed by atoms with E-state index in [1.54, 1.807) is 29.4 Å². The summed E-state index contributed by atoms with van der Waals surface area (Å²) in [5.74, 6) is 0. The van der Waals surface area contributed by atoms with E-state index in [9.17, 15) is 13.2 Å². The number of hydrogen-bond donors (Lipinski definition) is 1. The number of rotatable bonds is 2. The molecule has 5 nitrogen and oxygen atoms in total. The maximum Gasteiger partial charge on any atom is 0.416 e. The molecule has 1 aliphatic rings. The van der Waals surface area contributed by atoms with Gasteiger partial charge < -0.3 is 9.88 Å². The lowest BCUT2D eigenvalue weighted by Crippen LogP contribution is -2.19. The Morgan fingerprint density at radius 2 is 1.82 bits per heavy atom. The van der Waals surface area contributed by atoms with Crippen molar-refractivity contribution in [1.29, 1.82) is 0 Å². The minimum atomic E-state index is -4.46. The molecule has 1 N–H and O–H groups in total. The molecule has 0 atom stereocenters. The molecule has 4 aromatic heterocycles. The van der Waals surface area contributed by atoms with Gasteiger partial charge in [-0.1, -0.05) is 12.6 Å². The summed E-state index contributed by atoms with van der Waals surface area (Å²) in [6, 6.07) is 12.8. The molecule has 0 amide bonds. The maximum absolute atomic E-state index is 13.4. The monoisotopic (exact) mass is 455 g/mol. The van der Waals surface area contributed by atoms with Crippen molar-refractivity contribution in [2.24, 2.45) is 0 Å². The molecule has 34 heavy (non-hydrogen) atoms. The second kappa shape index (κ2) is 7.28. The Bertz CT molecular complexity index is 1630. The highest BCUT2D eigenvalue weighted by Crippen LogP contribution is 2.42. The van der Waals surface area contributed by atoms with Crippen molar-refractivity contribution < 1.29 is 13.2 Å². The molecule has 0 saturated heterocycles. The first-order valence-corrected chi connectivity index (χ1v) is 10.5. The van der Waals surface area contributed by atoms with Gasteiger partial charge in [0.1, 0.15) is 11.2 Å². The third-order valence-corrected chi connectivity index (χ3v) is 5.81. The zero-order chi connectivity index (χ0) is 23.4. The van der Waals surface area contributed by atoms with Crippen molar-refractivity contribution in [3.63, 3.8) is 0 Å². The van der Waals surface area contributed by atoms with E-state index in [0.29, 0.717) is 33.8 Å². The number of pyridine rings is 3. The molecule has 0 fully saturated rings. The third-order valence-electron chi connectivity index (χ3n) is 5.81. The molecular formula is C26H16F3N5. The molecule has 5 heterocycles. The van der Waals surface area contributed by atoms with Crippen LogP contribution in [-0.2, 0) is 6.18 Å². The number of benzene rings is 1. The summed E-state index contributed by atoms with van der Waals surface area (Å²) in [6.45, 7) is 4.07. The van der Waals surface area contributed by atoms with Gasteiger partial charge in [0.2, 0.25) is 0 Å². The second-order valence-electron chi connectivity index (χ2n) is 7.97. The van der Waals surface area contributed by atoms with Crippen molar-refractivity contribution in [3.05, 3.63) is 96.6 Å². The van der Waals surface area contributed by atoms with E-state index in [2.05, 4.69) is 21.5 Å². The molecule has 1 aliphatic heterocycles. The topological polar surface area (TPSA) is 57.7 Å². The number of aromatic nitrogens is 4. The van der Waals surface area contributed by atoms with E-state index >= 15 is 0 Å². The summed E-state index contributed by atoms with van der Waals surface area (Å²) in [7, 11) is 0. The van der Waals surface area contributed by atoms with Crippen LogP contribution < -0.4 is 4.90 Å². The number of nitrogens with zero attached hydrogens (tertiary/aromatic N) is 4. The van der Waals surface area contributed by atoms with E-state index < -0.39 is 11.7 Å². The predicted molar refractivity (Wildman–Crippen MR) is 126 cm³/mol. The number of fused-ring (bicyclic) bond motifs is 4. The van der Waals surface area contributed by atoms with Gasteiger partial charge >= 0.3 is 6.18 Å². The lowest BCUT2D eigenvalue weighted by molar-refractivity contribution is -0.137. The molecule has 6 rings (SSSR count). The molecule has 0 bridgehead atoms. The molecule has 8 heteroatoms.